The molecule has 0 aliphatic rings. The second-order valence-corrected chi connectivity index (χ2v) is 5.64. The first-order valence-corrected chi connectivity index (χ1v) is 7.37. The van der Waals surface area contributed by atoms with Crippen LogP contribution in [0.4, 0.5) is 0 Å². The number of hydrogen-bond donors (Lipinski definition) is 2. The molecule has 0 aliphatic heterocycles. The molecule has 0 spiro atoms. The van der Waals surface area contributed by atoms with Gasteiger partial charge in [-0.3, -0.25) is 0 Å². The molecule has 0 bridgehead atoms. The van der Waals surface area contributed by atoms with Crippen LogP contribution in [0.3, 0.4) is 0 Å². The fourth-order valence-electron chi connectivity index (χ4n) is 2.20. The summed E-state index contributed by atoms with van der Waals surface area (Å²) in [4.78, 5) is 0. The molecule has 0 saturated carbocycles. The molecule has 2 N–H and O–H groups in total. The summed E-state index contributed by atoms with van der Waals surface area (Å²) >= 11 is 0. The molecular weight excluding hydrogens is 280 g/mol. The van der Waals surface area contributed by atoms with Gasteiger partial charge in [-0.05, 0) is 45.9 Å². The average molecular weight is 302 g/mol. The fraction of sp³-hybridized carbons (Fsp3) is 0.333. The van der Waals surface area contributed by atoms with Crippen molar-refractivity contribution in [1.82, 2.24) is 0 Å². The first kappa shape index (κ1) is 16.0. The smallest absolute Gasteiger partial charge is 0.173 e. The Labute approximate surface area is 130 Å². The van der Waals surface area contributed by atoms with Crippen molar-refractivity contribution in [3.05, 3.63) is 36.4 Å². The minimum absolute atomic E-state index is 0.0312. The first-order valence-electron chi connectivity index (χ1n) is 7.37. The first-order chi connectivity index (χ1) is 10.4. The van der Waals surface area contributed by atoms with E-state index in [-0.39, 0.29) is 23.7 Å². The summed E-state index contributed by atoms with van der Waals surface area (Å²) in [5.41, 5.74) is 0.940. The van der Waals surface area contributed by atoms with E-state index in [4.69, 9.17) is 9.47 Å². The Kier molecular flexibility index (Phi) is 4.81. The Hall–Kier alpha value is -2.36. The van der Waals surface area contributed by atoms with Crippen LogP contribution in [0.5, 0.6) is 23.0 Å². The summed E-state index contributed by atoms with van der Waals surface area (Å²) in [5, 5.41) is 20.4. The Morgan fingerprint density at radius 3 is 2.00 bits per heavy atom. The van der Waals surface area contributed by atoms with Gasteiger partial charge in [-0.25, -0.2) is 0 Å². The molecule has 0 fully saturated rings. The highest BCUT2D eigenvalue weighted by molar-refractivity contribution is 5.83. The van der Waals surface area contributed by atoms with Crippen LogP contribution in [-0.2, 0) is 0 Å². The van der Waals surface area contributed by atoms with Gasteiger partial charge in [-0.15, -0.1) is 0 Å². The van der Waals surface area contributed by atoms with Gasteiger partial charge in [0.1, 0.15) is 11.5 Å². The van der Waals surface area contributed by atoms with Crippen LogP contribution in [0.15, 0.2) is 36.4 Å². The van der Waals surface area contributed by atoms with Gasteiger partial charge in [0, 0.05) is 5.56 Å². The fourth-order valence-corrected chi connectivity index (χ4v) is 2.20. The molecule has 0 heterocycles. The van der Waals surface area contributed by atoms with Crippen LogP contribution in [0.1, 0.15) is 27.7 Å². The molecule has 0 amide bonds. The summed E-state index contributed by atoms with van der Waals surface area (Å²) in [6, 6.07) is 10.1. The predicted octanol–water partition coefficient (Wildman–Crippen LogP) is 4.34. The van der Waals surface area contributed by atoms with E-state index in [0.29, 0.717) is 22.6 Å². The third-order valence-electron chi connectivity index (χ3n) is 2.99. The second kappa shape index (κ2) is 6.60. The number of ether oxygens (including phenoxy) is 2. The van der Waals surface area contributed by atoms with Gasteiger partial charge in [0.25, 0.3) is 0 Å². The average Bonchev–Trinajstić information content (AvgIpc) is 2.43. The van der Waals surface area contributed by atoms with E-state index in [1.54, 1.807) is 36.4 Å². The Morgan fingerprint density at radius 1 is 0.773 bits per heavy atom. The van der Waals surface area contributed by atoms with Crippen LogP contribution < -0.4 is 9.47 Å². The van der Waals surface area contributed by atoms with Crippen molar-refractivity contribution in [2.24, 2.45) is 0 Å². The monoisotopic (exact) mass is 302 g/mol. The van der Waals surface area contributed by atoms with Crippen LogP contribution in [0.2, 0.25) is 0 Å². The minimum Gasteiger partial charge on any atom is -0.507 e. The molecule has 2 rings (SSSR count). The highest BCUT2D eigenvalue weighted by Crippen LogP contribution is 2.47. The molecule has 0 atom stereocenters. The quantitative estimate of drug-likeness (QED) is 0.862. The number of rotatable bonds is 5. The zero-order chi connectivity index (χ0) is 16.3. The molecule has 0 radical (unpaired) electrons. The molecule has 0 saturated heterocycles. The number of benzene rings is 2. The van der Waals surface area contributed by atoms with Gasteiger partial charge < -0.3 is 19.7 Å². The number of phenols is 2. The highest BCUT2D eigenvalue weighted by Gasteiger charge is 2.21. The zero-order valence-corrected chi connectivity index (χ0v) is 13.3. The standard InChI is InChI=1S/C18H22O4/c1-11(2)21-16-10-9-15(20)17(18(16)22-12(3)4)13-7-5-6-8-14(13)19/h5-12,19-20H,1-4H3. The molecule has 2 aromatic carbocycles. The third-order valence-corrected chi connectivity index (χ3v) is 2.99. The van der Waals surface area contributed by atoms with E-state index in [0.717, 1.165) is 0 Å². The van der Waals surface area contributed by atoms with Gasteiger partial charge in [0.2, 0.25) is 0 Å². The molecule has 22 heavy (non-hydrogen) atoms. The van der Waals surface area contributed by atoms with E-state index in [2.05, 4.69) is 0 Å². The highest BCUT2D eigenvalue weighted by atomic mass is 16.5. The maximum absolute atomic E-state index is 10.3. The maximum atomic E-state index is 10.3. The van der Waals surface area contributed by atoms with E-state index in [9.17, 15) is 10.2 Å². The van der Waals surface area contributed by atoms with Crippen molar-refractivity contribution in [1.29, 1.82) is 0 Å². The summed E-state index contributed by atoms with van der Waals surface area (Å²) in [5.74, 6) is 1.09. The molecular formula is C18H22O4. The van der Waals surface area contributed by atoms with Gasteiger partial charge in [-0.1, -0.05) is 18.2 Å². The van der Waals surface area contributed by atoms with Gasteiger partial charge in [-0.2, -0.15) is 0 Å². The molecule has 0 aliphatic carbocycles. The number of aromatic hydroxyl groups is 2. The van der Waals surface area contributed by atoms with Crippen molar-refractivity contribution >= 4 is 0 Å². The van der Waals surface area contributed by atoms with Crippen LogP contribution in [0.25, 0.3) is 11.1 Å². The summed E-state index contributed by atoms with van der Waals surface area (Å²) in [7, 11) is 0. The van der Waals surface area contributed by atoms with Gasteiger partial charge in [0.15, 0.2) is 11.5 Å². The van der Waals surface area contributed by atoms with Crippen LogP contribution >= 0.6 is 0 Å². The van der Waals surface area contributed by atoms with Gasteiger partial charge in [0.05, 0.1) is 17.8 Å². The van der Waals surface area contributed by atoms with Crippen molar-refractivity contribution in [2.45, 2.75) is 39.9 Å². The normalized spacial score (nSPS) is 11.0. The largest absolute Gasteiger partial charge is 0.507 e. The maximum Gasteiger partial charge on any atom is 0.173 e. The van der Waals surface area contributed by atoms with Crippen LogP contribution in [-0.4, -0.2) is 22.4 Å². The lowest BCUT2D eigenvalue weighted by atomic mass is 10.0. The Bertz CT molecular complexity index is 648. The van der Waals surface area contributed by atoms with Crippen molar-refractivity contribution in [3.63, 3.8) is 0 Å². The van der Waals surface area contributed by atoms with E-state index in [1.807, 2.05) is 27.7 Å². The summed E-state index contributed by atoms with van der Waals surface area (Å²) in [6.45, 7) is 7.65. The lowest BCUT2D eigenvalue weighted by Crippen LogP contribution is -2.11. The van der Waals surface area contributed by atoms with E-state index in [1.165, 1.54) is 0 Å². The SMILES string of the molecule is CC(C)Oc1ccc(O)c(-c2ccccc2O)c1OC(C)C. The minimum atomic E-state index is -0.0964. The number of para-hydroxylation sites is 1. The molecule has 4 heteroatoms. The molecule has 0 unspecified atom stereocenters. The molecule has 4 nitrogen and oxygen atoms in total. The zero-order valence-electron chi connectivity index (χ0n) is 13.3. The Balaban J connectivity index is 2.67. The van der Waals surface area contributed by atoms with E-state index < -0.39 is 0 Å². The lowest BCUT2D eigenvalue weighted by Gasteiger charge is -2.21. The third kappa shape index (κ3) is 3.45. The predicted molar refractivity (Wildman–Crippen MR) is 86.7 cm³/mol. The molecule has 2 aromatic rings. The number of phenolic OH excluding ortho intramolecular Hbond substituents is 2. The van der Waals surface area contributed by atoms with Crippen molar-refractivity contribution in [2.75, 3.05) is 0 Å². The van der Waals surface area contributed by atoms with E-state index >= 15 is 0 Å². The summed E-state index contributed by atoms with van der Waals surface area (Å²) < 4.78 is 11.7. The second-order valence-electron chi connectivity index (χ2n) is 5.64. The topological polar surface area (TPSA) is 58.9 Å². The summed E-state index contributed by atoms with van der Waals surface area (Å²) in [6.07, 6.45) is -0.128. The lowest BCUT2D eigenvalue weighted by molar-refractivity contribution is 0.199. The molecule has 118 valence electrons. The van der Waals surface area contributed by atoms with Crippen LogP contribution in [0, 0.1) is 0 Å². The van der Waals surface area contributed by atoms with Crippen molar-refractivity contribution in [3.8, 4) is 34.1 Å². The Morgan fingerprint density at radius 2 is 1.41 bits per heavy atom. The number of hydrogen-bond acceptors (Lipinski definition) is 4. The van der Waals surface area contributed by atoms with Crippen molar-refractivity contribution < 1.29 is 19.7 Å². The molecule has 0 aromatic heterocycles. The van der Waals surface area contributed by atoms with Gasteiger partial charge >= 0.3 is 0 Å².